The van der Waals surface area contributed by atoms with Gasteiger partial charge in [-0.15, -0.1) is 10.2 Å². The van der Waals surface area contributed by atoms with Crippen LogP contribution in [0.15, 0.2) is 34.2 Å². The van der Waals surface area contributed by atoms with Crippen molar-refractivity contribution in [1.29, 1.82) is 0 Å². The number of nitrogens with zero attached hydrogens (tertiary/aromatic N) is 2. The average Bonchev–Trinajstić information content (AvgIpc) is 3.12. The number of benzene rings is 1. The van der Waals surface area contributed by atoms with E-state index in [1.165, 1.54) is 65.5 Å². The molecular weight excluding hydrogens is 376 g/mol. The molecule has 7 heteroatoms. The Morgan fingerprint density at radius 2 is 2.15 bits per heavy atom. The van der Waals surface area contributed by atoms with Gasteiger partial charge in [-0.2, -0.15) is 0 Å². The van der Waals surface area contributed by atoms with Crippen LogP contribution in [0.3, 0.4) is 0 Å². The van der Waals surface area contributed by atoms with Gasteiger partial charge in [-0.05, 0) is 63.1 Å². The van der Waals surface area contributed by atoms with E-state index < -0.39 is 0 Å². The summed E-state index contributed by atoms with van der Waals surface area (Å²) in [5.74, 6) is 0.424. The number of allylic oxidation sites excluding steroid dienone is 1. The Bertz CT molecular complexity index is 816. The number of amides is 1. The molecule has 1 aliphatic rings. The highest BCUT2D eigenvalue weighted by atomic mass is 32.2. The molecule has 0 fully saturated rings. The summed E-state index contributed by atoms with van der Waals surface area (Å²) in [6.45, 7) is 4.90. The second-order valence-electron chi connectivity index (χ2n) is 6.74. The number of carbonyl (C=O) groups is 1. The molecule has 2 aromatic rings. The Labute approximate surface area is 169 Å². The van der Waals surface area contributed by atoms with Crippen LogP contribution in [0, 0.1) is 13.8 Å². The molecule has 3 rings (SSSR count). The van der Waals surface area contributed by atoms with Crippen molar-refractivity contribution in [3.05, 3.63) is 41.0 Å². The second-order valence-corrected chi connectivity index (χ2v) is 8.94. The predicted octanol–water partition coefficient (Wildman–Crippen LogP) is 5.00. The Morgan fingerprint density at radius 3 is 2.96 bits per heavy atom. The molecule has 0 saturated carbocycles. The van der Waals surface area contributed by atoms with Crippen LogP contribution in [0.25, 0.3) is 0 Å². The molecule has 1 amide bonds. The van der Waals surface area contributed by atoms with E-state index >= 15 is 0 Å². The fourth-order valence-corrected chi connectivity index (χ4v) is 4.59. The normalized spacial score (nSPS) is 13.9. The van der Waals surface area contributed by atoms with Crippen molar-refractivity contribution in [1.82, 2.24) is 15.5 Å². The van der Waals surface area contributed by atoms with Gasteiger partial charge in [0, 0.05) is 12.2 Å². The lowest BCUT2D eigenvalue weighted by atomic mass is 9.97. The van der Waals surface area contributed by atoms with Crippen LogP contribution >= 0.6 is 23.1 Å². The maximum atomic E-state index is 12.0. The van der Waals surface area contributed by atoms with Crippen molar-refractivity contribution in [2.75, 3.05) is 17.6 Å². The lowest BCUT2D eigenvalue weighted by Crippen LogP contribution is -2.26. The first-order valence-electron chi connectivity index (χ1n) is 9.36. The van der Waals surface area contributed by atoms with Crippen molar-refractivity contribution in [3.63, 3.8) is 0 Å². The number of aromatic nitrogens is 2. The molecule has 27 heavy (non-hydrogen) atoms. The highest BCUT2D eigenvalue weighted by Crippen LogP contribution is 2.29. The molecule has 0 spiro atoms. The summed E-state index contributed by atoms with van der Waals surface area (Å²) in [6.07, 6.45) is 8.26. The Morgan fingerprint density at radius 1 is 1.26 bits per heavy atom. The first kappa shape index (κ1) is 19.9. The number of hydrogen-bond donors (Lipinski definition) is 2. The largest absolute Gasteiger partial charge is 0.355 e. The topological polar surface area (TPSA) is 66.9 Å². The third-order valence-corrected chi connectivity index (χ3v) is 6.70. The first-order chi connectivity index (χ1) is 13.1. The second kappa shape index (κ2) is 9.90. The summed E-state index contributed by atoms with van der Waals surface area (Å²) in [5.41, 5.74) is 4.96. The lowest BCUT2D eigenvalue weighted by Gasteiger charge is -2.12. The average molecular weight is 403 g/mol. The minimum absolute atomic E-state index is 0.0515. The summed E-state index contributed by atoms with van der Waals surface area (Å²) in [4.78, 5) is 12.0. The maximum Gasteiger partial charge on any atom is 0.230 e. The van der Waals surface area contributed by atoms with Gasteiger partial charge >= 0.3 is 0 Å². The third kappa shape index (κ3) is 6.07. The molecule has 0 saturated heterocycles. The molecular formula is C20H26N4OS2. The molecule has 0 radical (unpaired) electrons. The van der Waals surface area contributed by atoms with Crippen LogP contribution in [-0.2, 0) is 4.79 Å². The van der Waals surface area contributed by atoms with E-state index in [0.29, 0.717) is 5.75 Å². The smallest absolute Gasteiger partial charge is 0.230 e. The summed E-state index contributed by atoms with van der Waals surface area (Å²) in [6, 6.07) is 6.14. The van der Waals surface area contributed by atoms with Crippen LogP contribution in [0.4, 0.5) is 10.8 Å². The van der Waals surface area contributed by atoms with E-state index in [-0.39, 0.29) is 5.91 Å². The number of aryl methyl sites for hydroxylation is 1. The molecule has 1 aromatic heterocycles. The van der Waals surface area contributed by atoms with Crippen molar-refractivity contribution >= 4 is 39.8 Å². The van der Waals surface area contributed by atoms with Crippen molar-refractivity contribution in [3.8, 4) is 0 Å². The van der Waals surface area contributed by atoms with Crippen molar-refractivity contribution in [2.45, 2.75) is 50.3 Å². The number of carbonyl (C=O) groups excluding carboxylic acids is 1. The van der Waals surface area contributed by atoms with Gasteiger partial charge in [-0.3, -0.25) is 4.79 Å². The zero-order valence-corrected chi connectivity index (χ0v) is 17.5. The van der Waals surface area contributed by atoms with E-state index in [9.17, 15) is 4.79 Å². The van der Waals surface area contributed by atoms with E-state index in [4.69, 9.17) is 0 Å². The standard InChI is InChI=1S/C20H26N4OS2/c1-14-7-6-10-17(15(14)2)22-19-23-24-20(27-19)26-13-18(25)21-12-11-16-8-4-3-5-9-16/h6-8,10H,3-5,9,11-13H2,1-2H3,(H,21,25)(H,22,23). The Balaban J connectivity index is 1.41. The molecule has 0 aliphatic heterocycles. The molecule has 0 bridgehead atoms. The van der Waals surface area contributed by atoms with Crippen LogP contribution in [-0.4, -0.2) is 28.4 Å². The van der Waals surface area contributed by atoms with E-state index in [1.54, 1.807) is 0 Å². The van der Waals surface area contributed by atoms with E-state index in [1.807, 2.05) is 12.1 Å². The molecule has 0 atom stereocenters. The zero-order valence-electron chi connectivity index (χ0n) is 15.9. The minimum Gasteiger partial charge on any atom is -0.355 e. The zero-order chi connectivity index (χ0) is 19.1. The van der Waals surface area contributed by atoms with Gasteiger partial charge < -0.3 is 10.6 Å². The van der Waals surface area contributed by atoms with Gasteiger partial charge in [0.15, 0.2) is 4.34 Å². The quantitative estimate of drug-likeness (QED) is 0.480. The molecule has 5 nitrogen and oxygen atoms in total. The fraction of sp³-hybridized carbons (Fsp3) is 0.450. The Kier molecular flexibility index (Phi) is 7.29. The fourth-order valence-electron chi connectivity index (χ4n) is 2.99. The molecule has 1 aromatic carbocycles. The highest BCUT2D eigenvalue weighted by molar-refractivity contribution is 8.01. The number of thioether (sulfide) groups is 1. The van der Waals surface area contributed by atoms with Crippen LogP contribution in [0.2, 0.25) is 0 Å². The van der Waals surface area contributed by atoms with E-state index in [0.717, 1.165) is 28.1 Å². The minimum atomic E-state index is 0.0515. The number of anilines is 2. The number of rotatable bonds is 8. The molecule has 0 unspecified atom stereocenters. The maximum absolute atomic E-state index is 12.0. The Hall–Kier alpha value is -1.86. The van der Waals surface area contributed by atoms with Gasteiger partial charge in [-0.1, -0.05) is 46.9 Å². The number of nitrogens with one attached hydrogen (secondary N) is 2. The number of hydrogen-bond acceptors (Lipinski definition) is 6. The summed E-state index contributed by atoms with van der Waals surface area (Å²) in [5, 5.41) is 15.4. The van der Waals surface area contributed by atoms with Gasteiger partial charge in [0.1, 0.15) is 0 Å². The van der Waals surface area contributed by atoms with E-state index in [2.05, 4.69) is 46.8 Å². The SMILES string of the molecule is Cc1cccc(Nc2nnc(SCC(=O)NCCC3=CCCCC3)s2)c1C. The van der Waals surface area contributed by atoms with Crippen LogP contribution in [0.1, 0.15) is 43.2 Å². The summed E-state index contributed by atoms with van der Waals surface area (Å²) >= 11 is 2.90. The van der Waals surface area contributed by atoms with Gasteiger partial charge in [0.25, 0.3) is 0 Å². The van der Waals surface area contributed by atoms with Crippen molar-refractivity contribution < 1.29 is 4.79 Å². The van der Waals surface area contributed by atoms with Gasteiger partial charge in [0.05, 0.1) is 5.75 Å². The molecule has 2 N–H and O–H groups in total. The summed E-state index contributed by atoms with van der Waals surface area (Å²) in [7, 11) is 0. The van der Waals surface area contributed by atoms with Crippen LogP contribution in [0.5, 0.6) is 0 Å². The lowest BCUT2D eigenvalue weighted by molar-refractivity contribution is -0.118. The summed E-state index contributed by atoms with van der Waals surface area (Å²) < 4.78 is 0.799. The molecule has 1 heterocycles. The van der Waals surface area contributed by atoms with Crippen molar-refractivity contribution in [2.24, 2.45) is 0 Å². The third-order valence-electron chi connectivity index (χ3n) is 4.73. The first-order valence-corrected chi connectivity index (χ1v) is 11.2. The van der Waals surface area contributed by atoms with Gasteiger partial charge in [-0.25, -0.2) is 0 Å². The predicted molar refractivity (Wildman–Crippen MR) is 114 cm³/mol. The van der Waals surface area contributed by atoms with Crippen LogP contribution < -0.4 is 10.6 Å². The molecule has 144 valence electrons. The highest BCUT2D eigenvalue weighted by Gasteiger charge is 2.10. The monoisotopic (exact) mass is 402 g/mol. The molecule has 1 aliphatic carbocycles. The van der Waals surface area contributed by atoms with Gasteiger partial charge in [0.2, 0.25) is 11.0 Å².